The molecule has 0 aliphatic carbocycles. The van der Waals surface area contributed by atoms with Crippen molar-refractivity contribution in [1.82, 2.24) is 0 Å². The second-order valence-electron chi connectivity index (χ2n) is 5.13. The molecule has 2 nitrogen and oxygen atoms in total. The van der Waals surface area contributed by atoms with Crippen molar-refractivity contribution in [2.24, 2.45) is 0 Å². The van der Waals surface area contributed by atoms with E-state index in [0.717, 1.165) is 15.9 Å². The number of aryl methyl sites for hydroxylation is 2. The minimum atomic E-state index is 0.219. The third-order valence-corrected chi connectivity index (χ3v) is 3.77. The lowest BCUT2D eigenvalue weighted by Gasteiger charge is -2.19. The smallest absolute Gasteiger partial charge is 0.142 e. The van der Waals surface area contributed by atoms with Gasteiger partial charge >= 0.3 is 0 Å². The summed E-state index contributed by atoms with van der Waals surface area (Å²) in [6.07, 6.45) is 0. The van der Waals surface area contributed by atoms with Crippen molar-refractivity contribution in [2.75, 3.05) is 12.4 Å². The molecule has 0 aromatic heterocycles. The maximum Gasteiger partial charge on any atom is 0.142 e. The molecule has 0 fully saturated rings. The van der Waals surface area contributed by atoms with Crippen LogP contribution in [0.5, 0.6) is 5.75 Å². The number of nitrogens with one attached hydrogen (secondary N) is 1. The van der Waals surface area contributed by atoms with Gasteiger partial charge in [0.15, 0.2) is 0 Å². The Hall–Kier alpha value is -1.48. The summed E-state index contributed by atoms with van der Waals surface area (Å²) in [6, 6.07) is 12.8. The van der Waals surface area contributed by atoms with Crippen molar-refractivity contribution >= 4 is 21.6 Å². The Morgan fingerprint density at radius 1 is 1.05 bits per heavy atom. The van der Waals surface area contributed by atoms with Crippen molar-refractivity contribution in [3.63, 3.8) is 0 Å². The van der Waals surface area contributed by atoms with Gasteiger partial charge in [-0.25, -0.2) is 0 Å². The van der Waals surface area contributed by atoms with Crippen molar-refractivity contribution in [3.8, 4) is 5.75 Å². The summed E-state index contributed by atoms with van der Waals surface area (Å²) >= 11 is 3.50. The predicted octanol–water partition coefficient (Wildman–Crippen LogP) is 5.25. The summed E-state index contributed by atoms with van der Waals surface area (Å²) in [7, 11) is 1.69. The van der Waals surface area contributed by atoms with Crippen LogP contribution in [0.15, 0.2) is 40.9 Å². The first-order chi connectivity index (χ1) is 9.49. The number of ether oxygens (including phenoxy) is 1. The summed E-state index contributed by atoms with van der Waals surface area (Å²) in [5.41, 5.74) is 4.85. The molecule has 106 valence electrons. The monoisotopic (exact) mass is 333 g/mol. The van der Waals surface area contributed by atoms with Crippen LogP contribution in [0.1, 0.15) is 29.7 Å². The van der Waals surface area contributed by atoms with Crippen molar-refractivity contribution < 1.29 is 4.74 Å². The van der Waals surface area contributed by atoms with Gasteiger partial charge in [-0.3, -0.25) is 0 Å². The van der Waals surface area contributed by atoms with Gasteiger partial charge in [-0.2, -0.15) is 0 Å². The number of anilines is 1. The Kier molecular flexibility index (Phi) is 4.71. The lowest BCUT2D eigenvalue weighted by atomic mass is 10.0. The molecule has 0 heterocycles. The molecule has 0 spiro atoms. The fourth-order valence-corrected chi connectivity index (χ4v) is 2.73. The molecule has 2 aromatic carbocycles. The summed E-state index contributed by atoms with van der Waals surface area (Å²) in [5.74, 6) is 0.851. The van der Waals surface area contributed by atoms with Gasteiger partial charge < -0.3 is 10.1 Å². The highest BCUT2D eigenvalue weighted by Gasteiger charge is 2.10. The van der Waals surface area contributed by atoms with E-state index in [-0.39, 0.29) is 6.04 Å². The lowest BCUT2D eigenvalue weighted by molar-refractivity contribution is 0.416. The summed E-state index contributed by atoms with van der Waals surface area (Å²) in [6.45, 7) is 6.42. The van der Waals surface area contributed by atoms with Crippen LogP contribution in [0, 0.1) is 13.8 Å². The highest BCUT2D eigenvalue weighted by Crippen LogP contribution is 2.31. The van der Waals surface area contributed by atoms with Gasteiger partial charge in [0, 0.05) is 10.5 Å². The molecule has 2 rings (SSSR count). The van der Waals surface area contributed by atoms with Crippen LogP contribution in [0.4, 0.5) is 5.69 Å². The largest absolute Gasteiger partial charge is 0.495 e. The standard InChI is InChI=1S/C17H20BrNO/c1-11-7-12(2)9-14(8-11)13(3)19-16-10-15(18)5-6-17(16)20-4/h5-10,13,19H,1-4H3. The summed E-state index contributed by atoms with van der Waals surface area (Å²) in [5, 5.41) is 3.52. The summed E-state index contributed by atoms with van der Waals surface area (Å²) < 4.78 is 6.44. The molecule has 3 heteroatoms. The Bertz CT molecular complexity index is 590. The Morgan fingerprint density at radius 2 is 1.70 bits per heavy atom. The first-order valence-electron chi connectivity index (χ1n) is 6.68. The number of benzene rings is 2. The van der Waals surface area contributed by atoms with Crippen LogP contribution in [-0.4, -0.2) is 7.11 Å². The maximum atomic E-state index is 5.40. The van der Waals surface area contributed by atoms with Gasteiger partial charge in [0.1, 0.15) is 5.75 Å². The molecule has 0 radical (unpaired) electrons. The quantitative estimate of drug-likeness (QED) is 0.825. The second kappa shape index (κ2) is 6.31. The van der Waals surface area contributed by atoms with Gasteiger partial charge in [-0.15, -0.1) is 0 Å². The van der Waals surface area contributed by atoms with E-state index in [9.17, 15) is 0 Å². The predicted molar refractivity (Wildman–Crippen MR) is 88.6 cm³/mol. The van der Waals surface area contributed by atoms with Gasteiger partial charge in [0.25, 0.3) is 0 Å². The molecule has 1 atom stereocenters. The summed E-state index contributed by atoms with van der Waals surface area (Å²) in [4.78, 5) is 0. The highest BCUT2D eigenvalue weighted by molar-refractivity contribution is 9.10. The van der Waals surface area contributed by atoms with Crippen LogP contribution in [-0.2, 0) is 0 Å². The third-order valence-electron chi connectivity index (χ3n) is 3.28. The third kappa shape index (κ3) is 3.54. The molecule has 20 heavy (non-hydrogen) atoms. The van der Waals surface area contributed by atoms with E-state index in [2.05, 4.69) is 60.2 Å². The van der Waals surface area contributed by atoms with Gasteiger partial charge in [-0.05, 0) is 44.5 Å². The molecule has 2 aromatic rings. The normalized spacial score (nSPS) is 12.1. The zero-order valence-electron chi connectivity index (χ0n) is 12.3. The van der Waals surface area contributed by atoms with Gasteiger partial charge in [-0.1, -0.05) is 45.3 Å². The van der Waals surface area contributed by atoms with Crippen LogP contribution in [0.25, 0.3) is 0 Å². The Morgan fingerprint density at radius 3 is 2.30 bits per heavy atom. The molecule has 0 aliphatic heterocycles. The van der Waals surface area contributed by atoms with Crippen LogP contribution in [0.3, 0.4) is 0 Å². The molecule has 1 unspecified atom stereocenters. The molecule has 0 aliphatic rings. The number of rotatable bonds is 4. The molecule has 0 saturated heterocycles. The van der Waals surface area contributed by atoms with Gasteiger partial charge in [0.2, 0.25) is 0 Å². The molecule has 1 N–H and O–H groups in total. The zero-order chi connectivity index (χ0) is 14.7. The first-order valence-corrected chi connectivity index (χ1v) is 7.47. The molecule has 0 amide bonds. The molecular formula is C17H20BrNO. The molecule has 0 saturated carbocycles. The van der Waals surface area contributed by atoms with E-state index in [1.165, 1.54) is 16.7 Å². The first kappa shape index (κ1) is 14.9. The topological polar surface area (TPSA) is 21.3 Å². The number of methoxy groups -OCH3 is 1. The van der Waals surface area contributed by atoms with Crippen LogP contribution < -0.4 is 10.1 Å². The van der Waals surface area contributed by atoms with E-state index in [1.54, 1.807) is 7.11 Å². The Labute approximate surface area is 129 Å². The fourth-order valence-electron chi connectivity index (χ4n) is 2.37. The van der Waals surface area contributed by atoms with E-state index < -0.39 is 0 Å². The fraction of sp³-hybridized carbons (Fsp3) is 0.294. The number of hydrogen-bond donors (Lipinski definition) is 1. The Balaban J connectivity index is 2.27. The minimum Gasteiger partial charge on any atom is -0.495 e. The van der Waals surface area contributed by atoms with Gasteiger partial charge in [0.05, 0.1) is 12.8 Å². The lowest BCUT2D eigenvalue weighted by Crippen LogP contribution is -2.08. The van der Waals surface area contributed by atoms with E-state index >= 15 is 0 Å². The van der Waals surface area contributed by atoms with Crippen molar-refractivity contribution in [2.45, 2.75) is 26.8 Å². The average molecular weight is 334 g/mol. The van der Waals surface area contributed by atoms with Crippen molar-refractivity contribution in [3.05, 3.63) is 57.6 Å². The van der Waals surface area contributed by atoms with Crippen LogP contribution in [0.2, 0.25) is 0 Å². The van der Waals surface area contributed by atoms with Crippen molar-refractivity contribution in [1.29, 1.82) is 0 Å². The van der Waals surface area contributed by atoms with Crippen LogP contribution >= 0.6 is 15.9 Å². The zero-order valence-corrected chi connectivity index (χ0v) is 13.9. The minimum absolute atomic E-state index is 0.219. The number of hydrogen-bond acceptors (Lipinski definition) is 2. The SMILES string of the molecule is COc1ccc(Br)cc1NC(C)c1cc(C)cc(C)c1. The van der Waals surface area contributed by atoms with E-state index in [4.69, 9.17) is 4.74 Å². The van der Waals surface area contributed by atoms with E-state index in [0.29, 0.717) is 0 Å². The second-order valence-corrected chi connectivity index (χ2v) is 6.05. The highest BCUT2D eigenvalue weighted by atomic mass is 79.9. The molecular weight excluding hydrogens is 314 g/mol. The molecule has 0 bridgehead atoms. The average Bonchev–Trinajstić information content (AvgIpc) is 2.37. The van der Waals surface area contributed by atoms with E-state index in [1.807, 2.05) is 18.2 Å². The number of halogens is 1. The maximum absolute atomic E-state index is 5.40.